The molecule has 0 atom stereocenters. The number of rotatable bonds is 6. The molecule has 29 heavy (non-hydrogen) atoms. The Labute approximate surface area is 168 Å². The number of carbonyl (C=O) groups excluding carboxylic acids is 2. The van der Waals surface area contributed by atoms with E-state index in [1.807, 2.05) is 29.2 Å². The topological polar surface area (TPSA) is 63.4 Å². The molecule has 0 saturated carbocycles. The number of ketones is 1. The maximum atomic E-state index is 13.0. The molecule has 1 aromatic heterocycles. The summed E-state index contributed by atoms with van der Waals surface area (Å²) in [6, 6.07) is 13.4. The number of halogens is 1. The van der Waals surface area contributed by atoms with E-state index >= 15 is 0 Å². The van der Waals surface area contributed by atoms with Crippen LogP contribution >= 0.6 is 0 Å². The van der Waals surface area contributed by atoms with Gasteiger partial charge in [-0.15, -0.1) is 0 Å². The number of carbonyl (C=O) groups is 2. The lowest BCUT2D eigenvalue weighted by Gasteiger charge is -2.31. The molecular formula is C23H23FN2O3. The summed E-state index contributed by atoms with van der Waals surface area (Å²) in [5.41, 5.74) is 2.19. The van der Waals surface area contributed by atoms with Crippen LogP contribution in [0.25, 0.3) is 11.0 Å². The molecular weight excluding hydrogens is 371 g/mol. The maximum absolute atomic E-state index is 13.0. The van der Waals surface area contributed by atoms with Gasteiger partial charge in [0.2, 0.25) is 5.91 Å². The minimum atomic E-state index is -0.347. The molecule has 0 bridgehead atoms. The Kier molecular flexibility index (Phi) is 5.69. The van der Waals surface area contributed by atoms with Crippen molar-refractivity contribution >= 4 is 22.7 Å². The number of nitrogens with zero attached hydrogens (tertiary/aromatic N) is 2. The van der Waals surface area contributed by atoms with Gasteiger partial charge in [-0.1, -0.05) is 17.3 Å². The van der Waals surface area contributed by atoms with Gasteiger partial charge in [0.05, 0.1) is 5.69 Å². The molecule has 1 saturated heterocycles. The van der Waals surface area contributed by atoms with Crippen LogP contribution in [0.5, 0.6) is 0 Å². The quantitative estimate of drug-likeness (QED) is 0.581. The number of hydrogen-bond donors (Lipinski definition) is 0. The van der Waals surface area contributed by atoms with E-state index in [1.54, 1.807) is 0 Å². The van der Waals surface area contributed by atoms with Crippen molar-refractivity contribution in [2.45, 2.75) is 32.1 Å². The van der Waals surface area contributed by atoms with Crippen molar-refractivity contribution in [2.24, 2.45) is 5.92 Å². The van der Waals surface area contributed by atoms with Gasteiger partial charge in [0.15, 0.2) is 11.4 Å². The van der Waals surface area contributed by atoms with Gasteiger partial charge in [-0.05, 0) is 62.1 Å². The van der Waals surface area contributed by atoms with Crippen LogP contribution in [-0.4, -0.2) is 34.8 Å². The normalized spacial score (nSPS) is 15.0. The lowest BCUT2D eigenvalue weighted by molar-refractivity contribution is -0.132. The summed E-state index contributed by atoms with van der Waals surface area (Å²) < 4.78 is 18.3. The Bertz CT molecular complexity index is 1000. The van der Waals surface area contributed by atoms with Crippen molar-refractivity contribution in [3.05, 3.63) is 65.6 Å². The van der Waals surface area contributed by atoms with Crippen molar-refractivity contribution < 1.29 is 18.5 Å². The molecule has 0 N–H and O–H groups in total. The highest BCUT2D eigenvalue weighted by Crippen LogP contribution is 2.23. The van der Waals surface area contributed by atoms with Gasteiger partial charge in [-0.25, -0.2) is 4.39 Å². The van der Waals surface area contributed by atoms with Crippen LogP contribution in [0.3, 0.4) is 0 Å². The van der Waals surface area contributed by atoms with Crippen molar-refractivity contribution in [1.29, 1.82) is 0 Å². The zero-order valence-corrected chi connectivity index (χ0v) is 16.1. The highest BCUT2D eigenvalue weighted by Gasteiger charge is 2.27. The van der Waals surface area contributed by atoms with Gasteiger partial charge in [0.1, 0.15) is 5.82 Å². The van der Waals surface area contributed by atoms with E-state index < -0.39 is 0 Å². The fourth-order valence-corrected chi connectivity index (χ4v) is 3.92. The molecule has 2 heterocycles. The van der Waals surface area contributed by atoms with Crippen LogP contribution in [0, 0.1) is 11.7 Å². The SMILES string of the molecule is O=C(c1ccc(F)cc1)C1CCN(C(=O)CCCc2noc3ccccc23)CC1. The first-order valence-corrected chi connectivity index (χ1v) is 10.0. The number of piperidine rings is 1. The molecule has 1 amide bonds. The minimum absolute atomic E-state index is 0.0370. The third kappa shape index (κ3) is 4.36. The summed E-state index contributed by atoms with van der Waals surface area (Å²) in [6.45, 7) is 1.17. The number of aryl methyl sites for hydroxylation is 1. The summed E-state index contributed by atoms with van der Waals surface area (Å²) in [5.74, 6) is -0.299. The summed E-state index contributed by atoms with van der Waals surface area (Å²) >= 11 is 0. The van der Waals surface area contributed by atoms with Crippen LogP contribution < -0.4 is 0 Å². The Morgan fingerprint density at radius 1 is 1.07 bits per heavy atom. The van der Waals surface area contributed by atoms with E-state index in [1.165, 1.54) is 24.3 Å². The first-order chi connectivity index (χ1) is 14.1. The number of benzene rings is 2. The molecule has 1 aliphatic heterocycles. The van der Waals surface area contributed by atoms with Crippen LogP contribution in [0.1, 0.15) is 41.7 Å². The summed E-state index contributed by atoms with van der Waals surface area (Å²) in [7, 11) is 0. The average Bonchev–Trinajstić information content (AvgIpc) is 3.17. The predicted octanol–water partition coefficient (Wildman–Crippen LogP) is 4.41. The first kappa shape index (κ1) is 19.3. The summed E-state index contributed by atoms with van der Waals surface area (Å²) in [5, 5.41) is 5.11. The van der Waals surface area contributed by atoms with Crippen LogP contribution in [0.2, 0.25) is 0 Å². The van der Waals surface area contributed by atoms with Gasteiger partial charge >= 0.3 is 0 Å². The molecule has 3 aromatic rings. The first-order valence-electron chi connectivity index (χ1n) is 10.0. The molecule has 1 fully saturated rings. The van der Waals surface area contributed by atoms with E-state index in [0.29, 0.717) is 50.8 Å². The molecule has 0 spiro atoms. The molecule has 0 radical (unpaired) electrons. The molecule has 0 aliphatic carbocycles. The number of hydrogen-bond acceptors (Lipinski definition) is 4. The Hall–Kier alpha value is -3.02. The third-order valence-corrected chi connectivity index (χ3v) is 5.60. The van der Waals surface area contributed by atoms with E-state index in [0.717, 1.165) is 16.7 Å². The fraction of sp³-hybridized carbons (Fsp3) is 0.348. The van der Waals surface area contributed by atoms with Crippen LogP contribution in [0.15, 0.2) is 53.1 Å². The highest BCUT2D eigenvalue weighted by molar-refractivity contribution is 5.98. The van der Waals surface area contributed by atoms with Crippen molar-refractivity contribution in [1.82, 2.24) is 10.1 Å². The van der Waals surface area contributed by atoms with Gasteiger partial charge in [0, 0.05) is 36.4 Å². The van der Waals surface area contributed by atoms with Crippen LogP contribution in [-0.2, 0) is 11.2 Å². The van der Waals surface area contributed by atoms with Gasteiger partial charge < -0.3 is 9.42 Å². The molecule has 2 aromatic carbocycles. The molecule has 150 valence electrons. The Balaban J connectivity index is 1.24. The second kappa shape index (κ2) is 8.55. The van der Waals surface area contributed by atoms with Gasteiger partial charge in [0.25, 0.3) is 0 Å². The molecule has 0 unspecified atom stereocenters. The number of likely N-dealkylation sites (tertiary alicyclic amines) is 1. The monoisotopic (exact) mass is 394 g/mol. The smallest absolute Gasteiger partial charge is 0.222 e. The number of para-hydroxylation sites is 1. The Morgan fingerprint density at radius 2 is 1.79 bits per heavy atom. The lowest BCUT2D eigenvalue weighted by atomic mass is 9.88. The number of aromatic nitrogens is 1. The molecule has 6 heteroatoms. The predicted molar refractivity (Wildman–Crippen MR) is 107 cm³/mol. The number of amides is 1. The van der Waals surface area contributed by atoms with Gasteiger partial charge in [-0.3, -0.25) is 9.59 Å². The van der Waals surface area contributed by atoms with Crippen molar-refractivity contribution in [3.8, 4) is 0 Å². The molecule has 5 nitrogen and oxygen atoms in total. The van der Waals surface area contributed by atoms with E-state index in [9.17, 15) is 14.0 Å². The summed E-state index contributed by atoms with van der Waals surface area (Å²) in [4.78, 5) is 26.9. The zero-order valence-electron chi connectivity index (χ0n) is 16.1. The number of fused-ring (bicyclic) bond motifs is 1. The minimum Gasteiger partial charge on any atom is -0.356 e. The standard InChI is InChI=1S/C23H23FN2O3/c24-18-10-8-16(9-11-18)23(28)17-12-14-26(15-13-17)22(27)7-3-5-20-19-4-1-2-6-21(19)29-25-20/h1-2,4,6,8-11,17H,3,5,7,12-15H2. The second-order valence-corrected chi connectivity index (χ2v) is 7.51. The third-order valence-electron chi connectivity index (χ3n) is 5.60. The van der Waals surface area contributed by atoms with Crippen molar-refractivity contribution in [2.75, 3.05) is 13.1 Å². The average molecular weight is 394 g/mol. The fourth-order valence-electron chi connectivity index (χ4n) is 3.92. The van der Waals surface area contributed by atoms with E-state index in [4.69, 9.17) is 4.52 Å². The van der Waals surface area contributed by atoms with E-state index in [-0.39, 0.29) is 23.4 Å². The maximum Gasteiger partial charge on any atom is 0.222 e. The molecule has 4 rings (SSSR count). The lowest BCUT2D eigenvalue weighted by Crippen LogP contribution is -2.40. The highest BCUT2D eigenvalue weighted by atomic mass is 19.1. The van der Waals surface area contributed by atoms with E-state index in [2.05, 4.69) is 5.16 Å². The second-order valence-electron chi connectivity index (χ2n) is 7.51. The van der Waals surface area contributed by atoms with Gasteiger partial charge in [-0.2, -0.15) is 0 Å². The summed E-state index contributed by atoms with van der Waals surface area (Å²) in [6.07, 6.45) is 3.16. The van der Waals surface area contributed by atoms with Crippen molar-refractivity contribution in [3.63, 3.8) is 0 Å². The molecule has 1 aliphatic rings. The van der Waals surface area contributed by atoms with Crippen LogP contribution in [0.4, 0.5) is 4.39 Å². The zero-order chi connectivity index (χ0) is 20.2. The largest absolute Gasteiger partial charge is 0.356 e. The Morgan fingerprint density at radius 3 is 2.55 bits per heavy atom. The number of Topliss-reactive ketones (excluding diaryl/α,β-unsaturated/α-hetero) is 1.